The maximum atomic E-state index is 13.2. The molecule has 14 heavy (non-hydrogen) atoms. The van der Waals surface area contributed by atoms with E-state index < -0.39 is 23.4 Å². The van der Waals surface area contributed by atoms with Crippen LogP contribution >= 0.6 is 15.9 Å². The van der Waals surface area contributed by atoms with E-state index in [-0.39, 0.29) is 11.0 Å². The van der Waals surface area contributed by atoms with Crippen molar-refractivity contribution >= 4 is 15.9 Å². The highest BCUT2D eigenvalue weighted by Crippen LogP contribution is 2.25. The first-order valence-corrected chi connectivity index (χ1v) is 4.65. The number of hydrogen-bond donors (Lipinski definition) is 0. The van der Waals surface area contributed by atoms with Gasteiger partial charge in [-0.25, -0.2) is 13.2 Å². The zero-order chi connectivity index (χ0) is 10.7. The van der Waals surface area contributed by atoms with Gasteiger partial charge in [-0.05, 0) is 0 Å². The Kier molecular flexibility index (Phi) is 3.47. The predicted octanol–water partition coefficient (Wildman–Crippen LogP) is 2.92. The van der Waals surface area contributed by atoms with Crippen LogP contribution in [0.4, 0.5) is 13.2 Å². The molecule has 2 nitrogen and oxygen atoms in total. The summed E-state index contributed by atoms with van der Waals surface area (Å²) in [5.74, 6) is -1.19. The van der Waals surface area contributed by atoms with E-state index in [0.717, 1.165) is 6.20 Å². The van der Waals surface area contributed by atoms with Gasteiger partial charge in [0.1, 0.15) is 11.6 Å². The van der Waals surface area contributed by atoms with Gasteiger partial charge >= 0.3 is 0 Å². The highest BCUT2D eigenvalue weighted by Gasteiger charge is 2.19. The molecular weight excluding hydrogens is 261 g/mol. The number of hydrogen-bond acceptors (Lipinski definition) is 2. The largest absolute Gasteiger partial charge is 0.268 e. The average Bonchev–Trinajstić information content (AvgIpc) is 2.16. The fourth-order valence-electron chi connectivity index (χ4n) is 0.907. The fraction of sp³-hybridized carbons (Fsp3) is 0.250. The first-order valence-electron chi connectivity index (χ1n) is 3.53. The molecular formula is C8H4BrF3N2. The van der Waals surface area contributed by atoms with Crippen molar-refractivity contribution in [2.75, 3.05) is 0 Å². The summed E-state index contributed by atoms with van der Waals surface area (Å²) in [7, 11) is 0. The number of aromatic nitrogens is 1. The Hall–Kier alpha value is -1.09. The maximum absolute atomic E-state index is 13.2. The molecule has 0 fully saturated rings. The monoisotopic (exact) mass is 264 g/mol. The van der Waals surface area contributed by atoms with E-state index in [1.165, 1.54) is 6.07 Å². The average molecular weight is 265 g/mol. The molecule has 0 bridgehead atoms. The minimum atomic E-state index is -2.96. The lowest BCUT2D eigenvalue weighted by Crippen LogP contribution is -2.01. The molecule has 0 spiro atoms. The zero-order valence-corrected chi connectivity index (χ0v) is 8.35. The quantitative estimate of drug-likeness (QED) is 0.771. The van der Waals surface area contributed by atoms with Crippen LogP contribution in [-0.2, 0) is 5.33 Å². The number of nitriles is 1. The van der Waals surface area contributed by atoms with Gasteiger partial charge in [0.05, 0.1) is 11.3 Å². The van der Waals surface area contributed by atoms with Crippen LogP contribution in [-0.4, -0.2) is 4.98 Å². The first kappa shape index (κ1) is 11.0. The molecule has 0 aliphatic rings. The third kappa shape index (κ3) is 1.87. The topological polar surface area (TPSA) is 36.7 Å². The number of alkyl halides is 3. The molecule has 0 N–H and O–H groups in total. The van der Waals surface area contributed by atoms with Crippen molar-refractivity contribution < 1.29 is 13.2 Å². The smallest absolute Gasteiger partial charge is 0.258 e. The van der Waals surface area contributed by atoms with Crippen LogP contribution in [0.15, 0.2) is 6.20 Å². The molecule has 0 aliphatic carbocycles. The van der Waals surface area contributed by atoms with E-state index in [0.29, 0.717) is 0 Å². The third-order valence-corrected chi connectivity index (χ3v) is 2.13. The molecule has 0 unspecified atom stereocenters. The van der Waals surface area contributed by atoms with E-state index in [2.05, 4.69) is 20.9 Å². The highest BCUT2D eigenvalue weighted by molar-refractivity contribution is 9.08. The van der Waals surface area contributed by atoms with Crippen molar-refractivity contribution in [3.05, 3.63) is 28.8 Å². The summed E-state index contributed by atoms with van der Waals surface area (Å²) >= 11 is 2.98. The normalized spacial score (nSPS) is 10.3. The summed E-state index contributed by atoms with van der Waals surface area (Å²) in [4.78, 5) is 3.56. The summed E-state index contributed by atoms with van der Waals surface area (Å²) < 4.78 is 37.6. The van der Waals surface area contributed by atoms with Crippen LogP contribution < -0.4 is 0 Å². The molecule has 1 rings (SSSR count). The van der Waals surface area contributed by atoms with E-state index in [9.17, 15) is 13.2 Å². The minimum Gasteiger partial charge on any atom is -0.258 e. The van der Waals surface area contributed by atoms with Crippen molar-refractivity contribution in [2.24, 2.45) is 0 Å². The van der Waals surface area contributed by atoms with Crippen molar-refractivity contribution in [3.63, 3.8) is 0 Å². The second-order valence-electron chi connectivity index (χ2n) is 2.40. The van der Waals surface area contributed by atoms with Gasteiger partial charge in [-0.1, -0.05) is 15.9 Å². The standard InChI is InChI=1S/C8H4BrF3N2/c9-1-6-4(2-13)7(10)5(3-14-6)8(11)12/h3,8H,1H2. The maximum Gasteiger partial charge on any atom is 0.268 e. The van der Waals surface area contributed by atoms with Crippen LogP contribution in [0, 0.1) is 17.1 Å². The second kappa shape index (κ2) is 4.42. The summed E-state index contributed by atoms with van der Waals surface area (Å²) in [6.45, 7) is 0. The van der Waals surface area contributed by atoms with Gasteiger partial charge in [-0.3, -0.25) is 4.98 Å². The summed E-state index contributed by atoms with van der Waals surface area (Å²) in [6, 6.07) is 1.51. The zero-order valence-electron chi connectivity index (χ0n) is 6.77. The molecule has 74 valence electrons. The third-order valence-electron chi connectivity index (χ3n) is 1.59. The lowest BCUT2D eigenvalue weighted by Gasteiger charge is -2.05. The van der Waals surface area contributed by atoms with E-state index in [1.54, 1.807) is 0 Å². The summed E-state index contributed by atoms with van der Waals surface area (Å²) in [6.07, 6.45) is -2.21. The number of halogens is 4. The van der Waals surface area contributed by atoms with E-state index in [4.69, 9.17) is 5.26 Å². The van der Waals surface area contributed by atoms with Crippen molar-refractivity contribution in [2.45, 2.75) is 11.8 Å². The molecule has 6 heteroatoms. The number of nitrogens with zero attached hydrogens (tertiary/aromatic N) is 2. The first-order chi connectivity index (χ1) is 6.61. The van der Waals surface area contributed by atoms with Crippen molar-refractivity contribution in [1.82, 2.24) is 4.98 Å². The SMILES string of the molecule is N#Cc1c(CBr)ncc(C(F)F)c1F. The van der Waals surface area contributed by atoms with Crippen molar-refractivity contribution in [3.8, 4) is 6.07 Å². The second-order valence-corrected chi connectivity index (χ2v) is 2.96. The van der Waals surface area contributed by atoms with Gasteiger partial charge in [0.15, 0.2) is 5.82 Å². The lowest BCUT2D eigenvalue weighted by atomic mass is 10.1. The van der Waals surface area contributed by atoms with Crippen molar-refractivity contribution in [1.29, 1.82) is 5.26 Å². The van der Waals surface area contributed by atoms with Gasteiger partial charge in [0.2, 0.25) is 0 Å². The van der Waals surface area contributed by atoms with Gasteiger partial charge in [0, 0.05) is 11.5 Å². The predicted molar refractivity (Wildman–Crippen MR) is 46.5 cm³/mol. The molecule has 0 saturated heterocycles. The number of rotatable bonds is 2. The van der Waals surface area contributed by atoms with Gasteiger partial charge in [0.25, 0.3) is 6.43 Å². The molecule has 0 aromatic carbocycles. The van der Waals surface area contributed by atoms with Gasteiger partial charge in [-0.2, -0.15) is 5.26 Å². The molecule has 0 radical (unpaired) electrons. The highest BCUT2D eigenvalue weighted by atomic mass is 79.9. The Bertz CT molecular complexity index is 387. The van der Waals surface area contributed by atoms with Gasteiger partial charge < -0.3 is 0 Å². The summed E-state index contributed by atoms with van der Waals surface area (Å²) in [5, 5.41) is 8.69. The number of pyridine rings is 1. The Morgan fingerprint density at radius 1 is 1.57 bits per heavy atom. The van der Waals surface area contributed by atoms with Crippen LogP contribution in [0.5, 0.6) is 0 Å². The molecule has 1 heterocycles. The fourth-order valence-corrected chi connectivity index (χ4v) is 1.33. The Labute approximate surface area is 86.5 Å². The van der Waals surface area contributed by atoms with Crippen LogP contribution in [0.1, 0.15) is 23.2 Å². The molecule has 0 atom stereocenters. The van der Waals surface area contributed by atoms with Crippen LogP contribution in [0.3, 0.4) is 0 Å². The van der Waals surface area contributed by atoms with E-state index >= 15 is 0 Å². The van der Waals surface area contributed by atoms with E-state index in [1.807, 2.05) is 0 Å². The summed E-state index contributed by atoms with van der Waals surface area (Å²) in [5.41, 5.74) is -1.15. The Balaban J connectivity index is 3.37. The Morgan fingerprint density at radius 3 is 2.64 bits per heavy atom. The minimum absolute atomic E-state index is 0.120. The molecule has 1 aromatic rings. The molecule has 1 aromatic heterocycles. The lowest BCUT2D eigenvalue weighted by molar-refractivity contribution is 0.145. The van der Waals surface area contributed by atoms with Crippen LogP contribution in [0.25, 0.3) is 0 Å². The molecule has 0 saturated carbocycles. The van der Waals surface area contributed by atoms with Gasteiger partial charge in [-0.15, -0.1) is 0 Å². The van der Waals surface area contributed by atoms with Crippen LogP contribution in [0.2, 0.25) is 0 Å². The molecule has 0 aliphatic heterocycles. The Morgan fingerprint density at radius 2 is 2.21 bits per heavy atom. The molecule has 0 amide bonds.